The van der Waals surface area contributed by atoms with E-state index >= 15 is 0 Å². The van der Waals surface area contributed by atoms with Crippen LogP contribution in [0.15, 0.2) is 52.1 Å². The molecule has 0 aliphatic carbocycles. The zero-order chi connectivity index (χ0) is 17.6. The molecule has 8 heteroatoms. The van der Waals surface area contributed by atoms with Crippen molar-refractivity contribution in [2.24, 2.45) is 0 Å². The number of thioether (sulfide) groups is 1. The Balaban J connectivity index is 1.66. The van der Waals surface area contributed by atoms with Gasteiger partial charge in [-0.15, -0.1) is 11.8 Å². The zero-order valence-electron chi connectivity index (χ0n) is 13.6. The van der Waals surface area contributed by atoms with Crippen LogP contribution in [0, 0.1) is 0 Å². The molecular formula is C17H15N3O4S. The van der Waals surface area contributed by atoms with Gasteiger partial charge < -0.3 is 14.0 Å². The molecule has 0 fully saturated rings. The molecule has 0 unspecified atom stereocenters. The lowest BCUT2D eigenvalue weighted by molar-refractivity contribution is 0.0425. The molecule has 3 aromatic rings. The molecule has 0 atom stereocenters. The van der Waals surface area contributed by atoms with Crippen LogP contribution in [0.3, 0.4) is 0 Å². The number of aromatic nitrogens is 3. The minimum Gasteiger partial charge on any atom is -0.497 e. The van der Waals surface area contributed by atoms with E-state index in [0.717, 1.165) is 11.3 Å². The fourth-order valence-corrected chi connectivity index (χ4v) is 2.62. The highest BCUT2D eigenvalue weighted by Gasteiger charge is 2.15. The summed E-state index contributed by atoms with van der Waals surface area (Å²) in [6.45, 7) is -0.106. The van der Waals surface area contributed by atoms with E-state index in [1.807, 2.05) is 18.4 Å². The quantitative estimate of drug-likeness (QED) is 0.491. The minimum atomic E-state index is -0.485. The van der Waals surface area contributed by atoms with Crippen LogP contribution in [0.25, 0.3) is 11.4 Å². The molecular weight excluding hydrogens is 342 g/mol. The van der Waals surface area contributed by atoms with Gasteiger partial charge >= 0.3 is 5.97 Å². The number of rotatable bonds is 6. The summed E-state index contributed by atoms with van der Waals surface area (Å²) in [6, 6.07) is 10.6. The van der Waals surface area contributed by atoms with Crippen LogP contribution in [0.4, 0.5) is 0 Å². The van der Waals surface area contributed by atoms with Crippen LogP contribution in [-0.4, -0.2) is 34.5 Å². The number of carbonyl (C=O) groups excluding carboxylic acids is 1. The molecule has 25 heavy (non-hydrogen) atoms. The second-order valence-corrected chi connectivity index (χ2v) is 5.67. The molecule has 0 saturated carbocycles. The fraction of sp³-hybridized carbons (Fsp3) is 0.176. The first-order valence-corrected chi connectivity index (χ1v) is 8.57. The standard InChI is InChI=1S/C17H15N3O4S/c1-22-12-7-5-11(6-8-12)15-19-14(24-20-15)10-23-17(21)13-4-3-9-18-16(13)25-2/h3-9H,10H2,1-2H3. The number of methoxy groups -OCH3 is 1. The van der Waals surface area contributed by atoms with Crippen LogP contribution in [0.1, 0.15) is 16.2 Å². The number of benzene rings is 1. The number of hydrogen-bond acceptors (Lipinski definition) is 8. The third-order valence-electron chi connectivity index (χ3n) is 3.33. The normalized spacial score (nSPS) is 10.5. The van der Waals surface area contributed by atoms with Gasteiger partial charge in [-0.1, -0.05) is 5.16 Å². The van der Waals surface area contributed by atoms with Crippen molar-refractivity contribution in [1.29, 1.82) is 0 Å². The Morgan fingerprint density at radius 1 is 1.24 bits per heavy atom. The second-order valence-electron chi connectivity index (χ2n) is 4.88. The molecule has 0 spiro atoms. The van der Waals surface area contributed by atoms with Crippen molar-refractivity contribution in [3.8, 4) is 17.1 Å². The van der Waals surface area contributed by atoms with Gasteiger partial charge in [0.25, 0.3) is 5.89 Å². The molecule has 0 N–H and O–H groups in total. The topological polar surface area (TPSA) is 87.3 Å². The maximum atomic E-state index is 12.2. The Morgan fingerprint density at radius 3 is 2.76 bits per heavy atom. The molecule has 0 aliphatic heterocycles. The van der Waals surface area contributed by atoms with E-state index in [2.05, 4.69) is 15.1 Å². The number of hydrogen-bond donors (Lipinski definition) is 0. The first-order chi connectivity index (χ1) is 12.2. The van der Waals surface area contributed by atoms with Crippen molar-refractivity contribution >= 4 is 17.7 Å². The molecule has 0 radical (unpaired) electrons. The van der Waals surface area contributed by atoms with Crippen molar-refractivity contribution in [2.45, 2.75) is 11.6 Å². The highest BCUT2D eigenvalue weighted by molar-refractivity contribution is 7.98. The summed E-state index contributed by atoms with van der Waals surface area (Å²) < 4.78 is 15.5. The van der Waals surface area contributed by atoms with Crippen molar-refractivity contribution in [3.05, 3.63) is 54.0 Å². The summed E-state index contributed by atoms with van der Waals surface area (Å²) in [7, 11) is 1.60. The summed E-state index contributed by atoms with van der Waals surface area (Å²) in [5.74, 6) is 0.887. The third-order valence-corrected chi connectivity index (χ3v) is 4.04. The first-order valence-electron chi connectivity index (χ1n) is 7.34. The predicted octanol–water partition coefficient (Wildman–Crippen LogP) is 3.22. The number of carbonyl (C=O) groups is 1. The molecule has 0 bridgehead atoms. The van der Waals surface area contributed by atoms with Crippen molar-refractivity contribution < 1.29 is 18.8 Å². The van der Waals surface area contributed by atoms with E-state index in [1.165, 1.54) is 11.8 Å². The monoisotopic (exact) mass is 357 g/mol. The van der Waals surface area contributed by atoms with E-state index < -0.39 is 5.97 Å². The van der Waals surface area contributed by atoms with Crippen LogP contribution in [0.2, 0.25) is 0 Å². The fourth-order valence-electron chi connectivity index (χ4n) is 2.08. The zero-order valence-corrected chi connectivity index (χ0v) is 14.4. The number of ether oxygens (including phenoxy) is 2. The number of esters is 1. The Hall–Kier alpha value is -2.87. The van der Waals surface area contributed by atoms with E-state index in [0.29, 0.717) is 16.4 Å². The largest absolute Gasteiger partial charge is 0.497 e. The van der Waals surface area contributed by atoms with Gasteiger partial charge in [-0.2, -0.15) is 4.98 Å². The molecule has 128 valence electrons. The van der Waals surface area contributed by atoms with Crippen LogP contribution in [-0.2, 0) is 11.3 Å². The van der Waals surface area contributed by atoms with Crippen LogP contribution >= 0.6 is 11.8 Å². The lowest BCUT2D eigenvalue weighted by Gasteiger charge is -2.04. The van der Waals surface area contributed by atoms with Crippen molar-refractivity contribution in [1.82, 2.24) is 15.1 Å². The maximum Gasteiger partial charge on any atom is 0.341 e. The Morgan fingerprint density at radius 2 is 2.04 bits per heavy atom. The van der Waals surface area contributed by atoms with Gasteiger partial charge in [0.05, 0.1) is 12.7 Å². The molecule has 7 nitrogen and oxygen atoms in total. The van der Waals surface area contributed by atoms with Crippen LogP contribution < -0.4 is 4.74 Å². The maximum absolute atomic E-state index is 12.2. The van der Waals surface area contributed by atoms with Gasteiger partial charge in [-0.05, 0) is 42.7 Å². The second kappa shape index (κ2) is 7.80. The molecule has 3 rings (SSSR count). The van der Waals surface area contributed by atoms with Gasteiger partial charge in [0.1, 0.15) is 10.8 Å². The molecule has 0 saturated heterocycles. The SMILES string of the molecule is COc1ccc(-c2noc(COC(=O)c3cccnc3SC)n2)cc1. The van der Waals surface area contributed by atoms with E-state index in [1.54, 1.807) is 37.6 Å². The smallest absolute Gasteiger partial charge is 0.341 e. The Bertz CT molecular complexity index is 864. The van der Waals surface area contributed by atoms with E-state index in [4.69, 9.17) is 14.0 Å². The summed E-state index contributed by atoms with van der Waals surface area (Å²) in [5, 5.41) is 4.50. The number of pyridine rings is 1. The third kappa shape index (κ3) is 3.97. The molecule has 0 amide bonds. The predicted molar refractivity (Wildman–Crippen MR) is 91.4 cm³/mol. The summed E-state index contributed by atoms with van der Waals surface area (Å²) in [4.78, 5) is 20.5. The lowest BCUT2D eigenvalue weighted by atomic mass is 10.2. The molecule has 2 aromatic heterocycles. The summed E-state index contributed by atoms with van der Waals surface area (Å²) in [6.07, 6.45) is 3.47. The average Bonchev–Trinajstić information content (AvgIpc) is 3.15. The summed E-state index contributed by atoms with van der Waals surface area (Å²) >= 11 is 1.38. The van der Waals surface area contributed by atoms with Gasteiger partial charge in [0.2, 0.25) is 5.82 Å². The van der Waals surface area contributed by atoms with Crippen LogP contribution in [0.5, 0.6) is 5.75 Å². The van der Waals surface area contributed by atoms with Gasteiger partial charge in [0, 0.05) is 11.8 Å². The van der Waals surface area contributed by atoms with E-state index in [-0.39, 0.29) is 12.5 Å². The highest BCUT2D eigenvalue weighted by Crippen LogP contribution is 2.21. The minimum absolute atomic E-state index is 0.106. The summed E-state index contributed by atoms with van der Waals surface area (Å²) in [5.41, 5.74) is 1.18. The van der Waals surface area contributed by atoms with E-state index in [9.17, 15) is 4.79 Å². The Kier molecular flexibility index (Phi) is 5.30. The lowest BCUT2D eigenvalue weighted by Crippen LogP contribution is -2.07. The Labute approximate surface area is 148 Å². The van der Waals surface area contributed by atoms with Gasteiger partial charge in [-0.25, -0.2) is 9.78 Å². The first kappa shape index (κ1) is 17.0. The van der Waals surface area contributed by atoms with Gasteiger partial charge in [0.15, 0.2) is 6.61 Å². The van der Waals surface area contributed by atoms with Crippen molar-refractivity contribution in [2.75, 3.05) is 13.4 Å². The number of nitrogens with zero attached hydrogens (tertiary/aromatic N) is 3. The molecule has 1 aromatic carbocycles. The van der Waals surface area contributed by atoms with Gasteiger partial charge in [-0.3, -0.25) is 0 Å². The average molecular weight is 357 g/mol. The molecule has 2 heterocycles. The molecule has 0 aliphatic rings. The highest BCUT2D eigenvalue weighted by atomic mass is 32.2. The van der Waals surface area contributed by atoms with Crippen molar-refractivity contribution in [3.63, 3.8) is 0 Å².